The van der Waals surface area contributed by atoms with Gasteiger partial charge in [-0.05, 0) is 18.2 Å². The molecule has 7 heteroatoms. The minimum absolute atomic E-state index is 0.0545. The minimum atomic E-state index is -3.52. The van der Waals surface area contributed by atoms with Crippen molar-refractivity contribution in [2.45, 2.75) is 10.6 Å². The molecule has 0 amide bonds. The summed E-state index contributed by atoms with van der Waals surface area (Å²) >= 11 is 5.79. The zero-order chi connectivity index (χ0) is 13.3. The van der Waals surface area contributed by atoms with Gasteiger partial charge in [-0.2, -0.15) is 5.10 Å². The highest BCUT2D eigenvalue weighted by atomic mass is 35.5. The second kappa shape index (κ2) is 4.62. The van der Waals surface area contributed by atoms with Crippen LogP contribution in [0.5, 0.6) is 0 Å². The number of nitrogens with zero attached hydrogens (tertiary/aromatic N) is 2. The van der Waals surface area contributed by atoms with Crippen molar-refractivity contribution < 1.29 is 8.42 Å². The molecule has 2 N–H and O–H groups in total. The van der Waals surface area contributed by atoms with E-state index in [1.165, 1.54) is 18.3 Å². The van der Waals surface area contributed by atoms with E-state index in [-0.39, 0.29) is 16.3 Å². The molecule has 2 aromatic rings. The van der Waals surface area contributed by atoms with Crippen molar-refractivity contribution in [3.05, 3.63) is 41.2 Å². The van der Waals surface area contributed by atoms with Crippen molar-refractivity contribution in [2.24, 2.45) is 7.05 Å². The first-order chi connectivity index (χ1) is 8.38. The van der Waals surface area contributed by atoms with Gasteiger partial charge in [0.2, 0.25) is 0 Å². The zero-order valence-corrected chi connectivity index (χ0v) is 11.2. The SMILES string of the molecule is Cn1cc(CS(=O)(=O)c2cc(Cl)ccc2N)cn1. The fourth-order valence-electron chi connectivity index (χ4n) is 1.62. The van der Waals surface area contributed by atoms with Crippen LogP contribution >= 0.6 is 11.6 Å². The summed E-state index contributed by atoms with van der Waals surface area (Å²) in [4.78, 5) is 0.0545. The molecule has 0 radical (unpaired) electrons. The number of benzene rings is 1. The largest absolute Gasteiger partial charge is 0.398 e. The number of nitrogen functional groups attached to an aromatic ring is 1. The molecule has 0 aliphatic rings. The summed E-state index contributed by atoms with van der Waals surface area (Å²) < 4.78 is 26.0. The number of halogens is 1. The molecule has 0 saturated carbocycles. The number of sulfone groups is 1. The van der Waals surface area contributed by atoms with Gasteiger partial charge in [-0.3, -0.25) is 4.68 Å². The molecule has 1 aromatic carbocycles. The molecule has 0 saturated heterocycles. The van der Waals surface area contributed by atoms with Crippen LogP contribution in [0.3, 0.4) is 0 Å². The Morgan fingerprint density at radius 2 is 2.17 bits per heavy atom. The van der Waals surface area contributed by atoms with Gasteiger partial charge in [0, 0.05) is 23.8 Å². The van der Waals surface area contributed by atoms with E-state index in [4.69, 9.17) is 17.3 Å². The van der Waals surface area contributed by atoms with Gasteiger partial charge < -0.3 is 5.73 Å². The van der Waals surface area contributed by atoms with E-state index in [0.29, 0.717) is 10.6 Å². The van der Waals surface area contributed by atoms with Gasteiger partial charge in [0.25, 0.3) is 0 Å². The maximum absolute atomic E-state index is 12.2. The highest BCUT2D eigenvalue weighted by Crippen LogP contribution is 2.25. The Labute approximate surface area is 110 Å². The van der Waals surface area contributed by atoms with E-state index < -0.39 is 9.84 Å². The molecule has 5 nitrogen and oxygen atoms in total. The molecular formula is C11H12ClN3O2S. The van der Waals surface area contributed by atoms with Crippen LogP contribution in [-0.4, -0.2) is 18.2 Å². The fraction of sp³-hybridized carbons (Fsp3) is 0.182. The predicted molar refractivity (Wildman–Crippen MR) is 70.0 cm³/mol. The molecular weight excluding hydrogens is 274 g/mol. The van der Waals surface area contributed by atoms with Crippen molar-refractivity contribution in [1.82, 2.24) is 9.78 Å². The average Bonchev–Trinajstić information content (AvgIpc) is 2.66. The van der Waals surface area contributed by atoms with E-state index in [0.717, 1.165) is 0 Å². The lowest BCUT2D eigenvalue weighted by Crippen LogP contribution is -2.07. The molecule has 1 aromatic heterocycles. The summed E-state index contributed by atoms with van der Waals surface area (Å²) in [6, 6.07) is 4.40. The van der Waals surface area contributed by atoms with Crippen LogP contribution in [0, 0.1) is 0 Å². The highest BCUT2D eigenvalue weighted by Gasteiger charge is 2.19. The summed E-state index contributed by atoms with van der Waals surface area (Å²) in [7, 11) is -1.79. The van der Waals surface area contributed by atoms with Gasteiger partial charge in [-0.1, -0.05) is 11.6 Å². The summed E-state index contributed by atoms with van der Waals surface area (Å²) in [6.07, 6.45) is 3.16. The van der Waals surface area contributed by atoms with Crippen LogP contribution in [0.1, 0.15) is 5.56 Å². The topological polar surface area (TPSA) is 78.0 Å². The van der Waals surface area contributed by atoms with Crippen molar-refractivity contribution in [1.29, 1.82) is 0 Å². The van der Waals surface area contributed by atoms with E-state index in [9.17, 15) is 8.42 Å². The zero-order valence-electron chi connectivity index (χ0n) is 9.67. The van der Waals surface area contributed by atoms with Crippen LogP contribution in [0.25, 0.3) is 0 Å². The molecule has 96 valence electrons. The highest BCUT2D eigenvalue weighted by molar-refractivity contribution is 7.90. The van der Waals surface area contributed by atoms with E-state index in [1.54, 1.807) is 24.0 Å². The second-order valence-electron chi connectivity index (χ2n) is 3.96. The number of rotatable bonds is 3. The minimum Gasteiger partial charge on any atom is -0.398 e. The Hall–Kier alpha value is -1.53. The smallest absolute Gasteiger partial charge is 0.184 e. The van der Waals surface area contributed by atoms with Crippen molar-refractivity contribution in [2.75, 3.05) is 5.73 Å². The Kier molecular flexibility index (Phi) is 3.32. The van der Waals surface area contributed by atoms with Gasteiger partial charge in [0.15, 0.2) is 9.84 Å². The number of hydrogen-bond donors (Lipinski definition) is 1. The molecule has 0 aliphatic carbocycles. The monoisotopic (exact) mass is 285 g/mol. The Morgan fingerprint density at radius 1 is 1.44 bits per heavy atom. The lowest BCUT2D eigenvalue weighted by atomic mass is 10.3. The molecule has 0 spiro atoms. The molecule has 0 fully saturated rings. The lowest BCUT2D eigenvalue weighted by molar-refractivity contribution is 0.595. The van der Waals surface area contributed by atoms with Crippen LogP contribution < -0.4 is 5.73 Å². The summed E-state index contributed by atoms with van der Waals surface area (Å²) in [5.74, 6) is -0.147. The van der Waals surface area contributed by atoms with Gasteiger partial charge in [-0.25, -0.2) is 8.42 Å². The first-order valence-corrected chi connectivity index (χ1v) is 7.17. The van der Waals surface area contributed by atoms with Crippen molar-refractivity contribution in [3.63, 3.8) is 0 Å². The molecule has 1 heterocycles. The summed E-state index contributed by atoms with van der Waals surface area (Å²) in [6.45, 7) is 0. The Morgan fingerprint density at radius 3 is 2.78 bits per heavy atom. The van der Waals surface area contributed by atoms with Gasteiger partial charge in [0.1, 0.15) is 0 Å². The predicted octanol–water partition coefficient (Wildman–Crippen LogP) is 1.63. The summed E-state index contributed by atoms with van der Waals surface area (Å²) in [5, 5.41) is 4.27. The third-order valence-electron chi connectivity index (χ3n) is 2.43. The maximum Gasteiger partial charge on any atom is 0.184 e. The number of aryl methyl sites for hydroxylation is 1. The third kappa shape index (κ3) is 2.65. The molecule has 0 aliphatic heterocycles. The normalized spacial score (nSPS) is 11.7. The standard InChI is InChI=1S/C11H12ClN3O2S/c1-15-6-8(5-14-15)7-18(16,17)11-4-9(12)2-3-10(11)13/h2-6H,7,13H2,1H3. The van der Waals surface area contributed by atoms with Gasteiger partial charge >= 0.3 is 0 Å². The quantitative estimate of drug-likeness (QED) is 0.870. The molecule has 0 atom stereocenters. The molecule has 18 heavy (non-hydrogen) atoms. The van der Waals surface area contributed by atoms with Crippen LogP contribution in [0.15, 0.2) is 35.5 Å². The number of hydrogen-bond acceptors (Lipinski definition) is 4. The Bertz CT molecular complexity index is 679. The van der Waals surface area contributed by atoms with Gasteiger partial charge in [-0.15, -0.1) is 0 Å². The van der Waals surface area contributed by atoms with Crippen LogP contribution in [0.2, 0.25) is 5.02 Å². The first kappa shape index (κ1) is 12.9. The van der Waals surface area contributed by atoms with E-state index in [1.807, 2.05) is 0 Å². The van der Waals surface area contributed by atoms with Crippen molar-refractivity contribution >= 4 is 27.1 Å². The Balaban J connectivity index is 2.39. The average molecular weight is 286 g/mol. The second-order valence-corrected chi connectivity index (χ2v) is 6.36. The third-order valence-corrected chi connectivity index (χ3v) is 4.40. The molecule has 0 unspecified atom stereocenters. The number of nitrogens with two attached hydrogens (primary N) is 1. The van der Waals surface area contributed by atoms with Crippen LogP contribution in [-0.2, 0) is 22.6 Å². The van der Waals surface area contributed by atoms with Gasteiger partial charge in [0.05, 0.1) is 22.5 Å². The summed E-state index contributed by atoms with van der Waals surface area (Å²) in [5.41, 5.74) is 6.48. The van der Waals surface area contributed by atoms with E-state index in [2.05, 4.69) is 5.10 Å². The first-order valence-electron chi connectivity index (χ1n) is 5.14. The fourth-order valence-corrected chi connectivity index (χ4v) is 3.34. The number of aromatic nitrogens is 2. The van der Waals surface area contributed by atoms with Crippen LogP contribution in [0.4, 0.5) is 5.69 Å². The van der Waals surface area contributed by atoms with Crippen molar-refractivity contribution in [3.8, 4) is 0 Å². The maximum atomic E-state index is 12.2. The number of anilines is 1. The molecule has 0 bridgehead atoms. The molecule has 2 rings (SSSR count). The lowest BCUT2D eigenvalue weighted by Gasteiger charge is -2.06. The van der Waals surface area contributed by atoms with E-state index >= 15 is 0 Å².